The van der Waals surface area contributed by atoms with E-state index in [1.165, 1.54) is 7.11 Å². The Labute approximate surface area is 112 Å². The summed E-state index contributed by atoms with van der Waals surface area (Å²) in [5, 5.41) is 3.39. The van der Waals surface area contributed by atoms with Gasteiger partial charge < -0.3 is 14.8 Å². The predicted molar refractivity (Wildman–Crippen MR) is 70.9 cm³/mol. The van der Waals surface area contributed by atoms with Gasteiger partial charge in [0.05, 0.1) is 7.11 Å². The minimum Gasteiger partial charge on any atom is -0.453 e. The van der Waals surface area contributed by atoms with Crippen molar-refractivity contribution in [3.05, 3.63) is 29.8 Å². The molecule has 0 unspecified atom stereocenters. The molecule has 1 aromatic rings. The maximum atomic E-state index is 11.9. The second kappa shape index (κ2) is 4.42. The van der Waals surface area contributed by atoms with Crippen molar-refractivity contribution in [3.63, 3.8) is 0 Å². The molecule has 1 fully saturated rings. The summed E-state index contributed by atoms with van der Waals surface area (Å²) < 4.78 is 10.9. The summed E-state index contributed by atoms with van der Waals surface area (Å²) in [5.41, 5.74) is 1.72. The fourth-order valence-electron chi connectivity index (χ4n) is 3.21. The van der Waals surface area contributed by atoms with Crippen molar-refractivity contribution in [2.45, 2.75) is 25.1 Å². The van der Waals surface area contributed by atoms with Gasteiger partial charge in [-0.15, -0.1) is 0 Å². The Morgan fingerprint density at radius 1 is 1.53 bits per heavy atom. The molecule has 0 saturated carbocycles. The van der Waals surface area contributed by atoms with Crippen LogP contribution in [-0.2, 0) is 15.1 Å². The van der Waals surface area contributed by atoms with Crippen LogP contribution in [-0.4, -0.2) is 37.4 Å². The van der Waals surface area contributed by atoms with Crippen LogP contribution in [0.1, 0.15) is 18.9 Å². The van der Waals surface area contributed by atoms with Gasteiger partial charge in [-0.1, -0.05) is 18.2 Å². The average molecular weight is 262 g/mol. The number of amides is 1. The first-order chi connectivity index (χ1) is 9.23. The fraction of sp³-hybridized carbons (Fsp3) is 0.500. The minimum atomic E-state index is -0.445. The van der Waals surface area contributed by atoms with Crippen molar-refractivity contribution < 1.29 is 14.3 Å². The Bertz CT molecular complexity index is 505. The number of nitrogens with zero attached hydrogens (tertiary/aromatic N) is 1. The molecule has 2 aliphatic heterocycles. The van der Waals surface area contributed by atoms with Crippen molar-refractivity contribution in [2.75, 3.05) is 25.6 Å². The highest BCUT2D eigenvalue weighted by atomic mass is 16.5. The number of likely N-dealkylation sites (tertiary alicyclic amines) is 1. The molecule has 5 heteroatoms. The van der Waals surface area contributed by atoms with Gasteiger partial charge in [-0.2, -0.15) is 0 Å². The number of methoxy groups -OCH3 is 1. The van der Waals surface area contributed by atoms with Gasteiger partial charge in [0.15, 0.2) is 0 Å². The third-order valence-electron chi connectivity index (χ3n) is 3.96. The van der Waals surface area contributed by atoms with E-state index in [-0.39, 0.29) is 12.3 Å². The van der Waals surface area contributed by atoms with Crippen molar-refractivity contribution in [3.8, 4) is 0 Å². The third kappa shape index (κ3) is 1.61. The number of hydrogen-bond acceptors (Lipinski definition) is 4. The van der Waals surface area contributed by atoms with Gasteiger partial charge in [0.2, 0.25) is 0 Å². The lowest BCUT2D eigenvalue weighted by atomic mass is 9.92. The summed E-state index contributed by atoms with van der Waals surface area (Å²) in [6.45, 7) is 3.23. The van der Waals surface area contributed by atoms with E-state index < -0.39 is 5.60 Å². The van der Waals surface area contributed by atoms with Crippen molar-refractivity contribution >= 4 is 11.8 Å². The van der Waals surface area contributed by atoms with Crippen LogP contribution < -0.4 is 5.32 Å². The molecule has 2 heterocycles. The number of ether oxygens (including phenoxy) is 2. The molecular weight excluding hydrogens is 244 g/mol. The molecule has 5 nitrogen and oxygen atoms in total. The van der Waals surface area contributed by atoms with Gasteiger partial charge >= 0.3 is 6.09 Å². The van der Waals surface area contributed by atoms with Crippen LogP contribution in [0.2, 0.25) is 0 Å². The molecule has 0 aliphatic carbocycles. The van der Waals surface area contributed by atoms with Crippen molar-refractivity contribution in [1.82, 2.24) is 4.90 Å². The van der Waals surface area contributed by atoms with Gasteiger partial charge in [-0.25, -0.2) is 4.79 Å². The number of para-hydroxylation sites is 1. The van der Waals surface area contributed by atoms with Crippen LogP contribution in [0, 0.1) is 0 Å². The normalized spacial score (nSPS) is 27.7. The molecule has 0 radical (unpaired) electrons. The van der Waals surface area contributed by atoms with Crippen LogP contribution in [0.5, 0.6) is 0 Å². The maximum absolute atomic E-state index is 11.9. The summed E-state index contributed by atoms with van der Waals surface area (Å²) >= 11 is 0. The van der Waals surface area contributed by atoms with E-state index in [2.05, 4.69) is 11.4 Å². The lowest BCUT2D eigenvalue weighted by molar-refractivity contribution is -0.0521. The Kier molecular flexibility index (Phi) is 2.86. The zero-order valence-corrected chi connectivity index (χ0v) is 11.2. The SMILES string of the molecule is CCO[C@@]12CCN(C(=O)OC)[C@@H]1Nc1ccccc12. The molecule has 102 valence electrons. The number of rotatable bonds is 2. The van der Waals surface area contributed by atoms with E-state index in [9.17, 15) is 4.79 Å². The highest BCUT2D eigenvalue weighted by Gasteiger charge is 2.56. The topological polar surface area (TPSA) is 50.8 Å². The molecule has 1 N–H and O–H groups in total. The van der Waals surface area contributed by atoms with E-state index in [0.29, 0.717) is 13.2 Å². The lowest BCUT2D eigenvalue weighted by Gasteiger charge is -2.31. The molecule has 19 heavy (non-hydrogen) atoms. The molecule has 1 amide bonds. The van der Waals surface area contributed by atoms with E-state index in [1.807, 2.05) is 25.1 Å². The minimum absolute atomic E-state index is 0.183. The molecule has 1 saturated heterocycles. The van der Waals surface area contributed by atoms with Crippen LogP contribution in [0.4, 0.5) is 10.5 Å². The van der Waals surface area contributed by atoms with Gasteiger partial charge in [-0.3, -0.25) is 4.90 Å². The molecule has 0 bridgehead atoms. The van der Waals surface area contributed by atoms with E-state index in [0.717, 1.165) is 17.7 Å². The molecular formula is C14H18N2O3. The summed E-state index contributed by atoms with van der Waals surface area (Å²) in [5.74, 6) is 0. The van der Waals surface area contributed by atoms with Gasteiger partial charge in [0, 0.05) is 30.8 Å². The maximum Gasteiger partial charge on any atom is 0.411 e. The zero-order valence-electron chi connectivity index (χ0n) is 11.2. The monoisotopic (exact) mass is 262 g/mol. The first-order valence-electron chi connectivity index (χ1n) is 6.57. The van der Waals surface area contributed by atoms with E-state index >= 15 is 0 Å². The highest BCUT2D eigenvalue weighted by Crippen LogP contribution is 2.49. The van der Waals surface area contributed by atoms with Crippen LogP contribution >= 0.6 is 0 Å². The van der Waals surface area contributed by atoms with E-state index in [4.69, 9.17) is 9.47 Å². The number of carbonyl (C=O) groups excluding carboxylic acids is 1. The Morgan fingerprint density at radius 2 is 2.32 bits per heavy atom. The molecule has 1 aromatic carbocycles. The molecule has 3 rings (SSSR count). The highest BCUT2D eigenvalue weighted by molar-refractivity contribution is 5.72. The summed E-state index contributed by atoms with van der Waals surface area (Å²) in [4.78, 5) is 13.6. The fourth-order valence-corrected chi connectivity index (χ4v) is 3.21. The Hall–Kier alpha value is -1.75. The first kappa shape index (κ1) is 12.3. The predicted octanol–water partition coefficient (Wildman–Crippen LogP) is 2.14. The number of benzene rings is 1. The second-order valence-corrected chi connectivity index (χ2v) is 4.83. The molecule has 2 aliphatic rings. The first-order valence-corrected chi connectivity index (χ1v) is 6.57. The number of fused-ring (bicyclic) bond motifs is 3. The largest absolute Gasteiger partial charge is 0.453 e. The summed E-state index contributed by atoms with van der Waals surface area (Å²) in [6, 6.07) is 8.07. The third-order valence-corrected chi connectivity index (χ3v) is 3.96. The summed E-state index contributed by atoms with van der Waals surface area (Å²) in [7, 11) is 1.41. The van der Waals surface area contributed by atoms with Gasteiger partial charge in [-0.05, 0) is 13.0 Å². The standard InChI is InChI=1S/C14H18N2O3/c1-3-19-14-8-9-16(13(17)18-2)12(14)15-11-7-5-4-6-10(11)14/h4-7,12,15H,3,8-9H2,1-2H3/t12-,14+/m0/s1. The van der Waals surface area contributed by atoms with Gasteiger partial charge in [0.25, 0.3) is 0 Å². The van der Waals surface area contributed by atoms with Crippen LogP contribution in [0.3, 0.4) is 0 Å². The van der Waals surface area contributed by atoms with Crippen LogP contribution in [0.25, 0.3) is 0 Å². The van der Waals surface area contributed by atoms with Crippen LogP contribution in [0.15, 0.2) is 24.3 Å². The average Bonchev–Trinajstić information content (AvgIpc) is 2.92. The quantitative estimate of drug-likeness (QED) is 0.887. The molecule has 2 atom stereocenters. The number of carbonyl (C=O) groups is 1. The van der Waals surface area contributed by atoms with E-state index in [1.54, 1.807) is 4.90 Å². The number of hydrogen-bond donors (Lipinski definition) is 1. The Balaban J connectivity index is 2.02. The smallest absolute Gasteiger partial charge is 0.411 e. The van der Waals surface area contributed by atoms with Crippen molar-refractivity contribution in [1.29, 1.82) is 0 Å². The summed E-state index contributed by atoms with van der Waals surface area (Å²) in [6.07, 6.45) is 0.286. The number of anilines is 1. The number of nitrogens with one attached hydrogen (secondary N) is 1. The molecule has 0 spiro atoms. The lowest BCUT2D eigenvalue weighted by Crippen LogP contribution is -2.47. The Morgan fingerprint density at radius 3 is 3.05 bits per heavy atom. The zero-order chi connectivity index (χ0) is 13.5. The molecule has 0 aromatic heterocycles. The van der Waals surface area contributed by atoms with Crippen molar-refractivity contribution in [2.24, 2.45) is 0 Å². The second-order valence-electron chi connectivity index (χ2n) is 4.83. The van der Waals surface area contributed by atoms with Gasteiger partial charge in [0.1, 0.15) is 11.8 Å².